The first kappa shape index (κ1) is 17.3. The van der Waals surface area contributed by atoms with E-state index in [2.05, 4.69) is 0 Å². The van der Waals surface area contributed by atoms with Crippen LogP contribution in [-0.2, 0) is 0 Å². The fraction of sp³-hybridized carbons (Fsp3) is 0.462. The summed E-state index contributed by atoms with van der Waals surface area (Å²) in [7, 11) is 0. The van der Waals surface area contributed by atoms with Gasteiger partial charge >= 0.3 is 0 Å². The van der Waals surface area contributed by atoms with Gasteiger partial charge in [-0.25, -0.2) is 4.39 Å². The van der Waals surface area contributed by atoms with E-state index in [9.17, 15) is 19.3 Å². The van der Waals surface area contributed by atoms with Crippen molar-refractivity contribution in [3.63, 3.8) is 0 Å². The van der Waals surface area contributed by atoms with Crippen LogP contribution < -0.4 is 5.73 Å². The molecule has 1 saturated heterocycles. The molecule has 1 heterocycles. The number of amides is 1. The van der Waals surface area contributed by atoms with Crippen molar-refractivity contribution in [1.82, 2.24) is 4.90 Å². The Kier molecular flexibility index (Phi) is 6.04. The smallest absolute Gasteiger partial charge is 0.273 e. The molecule has 0 spiro atoms. The lowest BCUT2D eigenvalue weighted by molar-refractivity contribution is -0.385. The van der Waals surface area contributed by atoms with Gasteiger partial charge in [0.05, 0.1) is 11.0 Å². The van der Waals surface area contributed by atoms with Crippen molar-refractivity contribution in [2.75, 3.05) is 19.6 Å². The van der Waals surface area contributed by atoms with Crippen LogP contribution in [0.25, 0.3) is 0 Å². The zero-order valence-electron chi connectivity index (χ0n) is 11.3. The van der Waals surface area contributed by atoms with Crippen molar-refractivity contribution in [2.24, 2.45) is 11.7 Å². The summed E-state index contributed by atoms with van der Waals surface area (Å²) in [6.45, 7) is 1.68. The van der Waals surface area contributed by atoms with Crippen molar-refractivity contribution < 1.29 is 14.1 Å². The first-order valence-corrected chi connectivity index (χ1v) is 6.45. The molecule has 21 heavy (non-hydrogen) atoms. The minimum atomic E-state index is -0.778. The second-order valence-electron chi connectivity index (χ2n) is 4.93. The van der Waals surface area contributed by atoms with Gasteiger partial charge in [0.1, 0.15) is 5.82 Å². The Morgan fingerprint density at radius 3 is 2.52 bits per heavy atom. The maximum atomic E-state index is 13.3. The summed E-state index contributed by atoms with van der Waals surface area (Å²) >= 11 is 0. The van der Waals surface area contributed by atoms with Gasteiger partial charge in [0.25, 0.3) is 11.6 Å². The lowest BCUT2D eigenvalue weighted by Gasteiger charge is -2.31. The zero-order chi connectivity index (χ0) is 14.7. The van der Waals surface area contributed by atoms with Gasteiger partial charge in [0.2, 0.25) is 0 Å². The third kappa shape index (κ3) is 4.12. The Labute approximate surface area is 127 Å². The van der Waals surface area contributed by atoms with Crippen LogP contribution in [0.3, 0.4) is 0 Å². The third-order valence-corrected chi connectivity index (χ3v) is 3.58. The molecule has 0 aliphatic carbocycles. The van der Waals surface area contributed by atoms with Crippen LogP contribution in [0.5, 0.6) is 0 Å². The van der Waals surface area contributed by atoms with Gasteiger partial charge in [-0.15, -0.1) is 12.4 Å². The summed E-state index contributed by atoms with van der Waals surface area (Å²) < 4.78 is 13.3. The highest BCUT2D eigenvalue weighted by molar-refractivity contribution is 5.95. The molecule has 116 valence electrons. The lowest BCUT2D eigenvalue weighted by atomic mass is 9.96. The first-order valence-electron chi connectivity index (χ1n) is 6.45. The predicted octanol–water partition coefficient (Wildman–Crippen LogP) is 1.97. The maximum absolute atomic E-state index is 13.3. The standard InChI is InChI=1S/C13H16FN3O3.ClH/c14-11-5-10(6-12(7-11)17(19)20)13(18)16-3-1-9(8-15)2-4-16;/h5-7,9H,1-4,8,15H2;1H. The average molecular weight is 318 g/mol. The van der Waals surface area contributed by atoms with E-state index < -0.39 is 16.4 Å². The number of carbonyl (C=O) groups is 1. The number of nitro benzene ring substituents is 1. The average Bonchev–Trinajstić information content (AvgIpc) is 2.46. The molecule has 0 saturated carbocycles. The number of likely N-dealkylation sites (tertiary alicyclic amines) is 1. The van der Waals surface area contributed by atoms with Gasteiger partial charge in [-0.2, -0.15) is 0 Å². The van der Waals surface area contributed by atoms with Crippen LogP contribution in [-0.4, -0.2) is 35.4 Å². The molecule has 0 unspecified atom stereocenters. The number of rotatable bonds is 3. The lowest BCUT2D eigenvalue weighted by Crippen LogP contribution is -2.40. The molecule has 1 amide bonds. The number of hydrogen-bond acceptors (Lipinski definition) is 4. The highest BCUT2D eigenvalue weighted by Crippen LogP contribution is 2.21. The van der Waals surface area contributed by atoms with Crippen LogP contribution >= 0.6 is 12.4 Å². The molecule has 8 heteroatoms. The second kappa shape index (κ2) is 7.33. The molecule has 2 rings (SSSR count). The number of nitrogens with zero attached hydrogens (tertiary/aromatic N) is 2. The molecule has 0 aromatic heterocycles. The van der Waals surface area contributed by atoms with Gasteiger partial charge in [0, 0.05) is 24.7 Å². The topological polar surface area (TPSA) is 89.5 Å². The highest BCUT2D eigenvalue weighted by Gasteiger charge is 2.24. The van der Waals surface area contributed by atoms with E-state index in [1.807, 2.05) is 0 Å². The molecule has 2 N–H and O–H groups in total. The number of non-ortho nitro benzene ring substituents is 1. The maximum Gasteiger partial charge on any atom is 0.273 e. The Morgan fingerprint density at radius 1 is 1.38 bits per heavy atom. The number of halogens is 2. The number of hydrogen-bond donors (Lipinski definition) is 1. The molecule has 0 bridgehead atoms. The van der Waals surface area contributed by atoms with E-state index in [0.717, 1.165) is 31.0 Å². The fourth-order valence-electron chi connectivity index (χ4n) is 2.36. The van der Waals surface area contributed by atoms with E-state index >= 15 is 0 Å². The van der Waals surface area contributed by atoms with Gasteiger partial charge < -0.3 is 10.6 Å². The third-order valence-electron chi connectivity index (χ3n) is 3.58. The van der Waals surface area contributed by atoms with Crippen LogP contribution in [0.2, 0.25) is 0 Å². The molecule has 1 aromatic rings. The van der Waals surface area contributed by atoms with Gasteiger partial charge in [-0.05, 0) is 31.4 Å². The number of benzene rings is 1. The van der Waals surface area contributed by atoms with Crippen molar-refractivity contribution >= 4 is 24.0 Å². The molecule has 0 radical (unpaired) electrons. The Morgan fingerprint density at radius 2 is 2.00 bits per heavy atom. The second-order valence-corrected chi connectivity index (χ2v) is 4.93. The minimum absolute atomic E-state index is 0. The van der Waals surface area contributed by atoms with Crippen LogP contribution in [0.1, 0.15) is 23.2 Å². The van der Waals surface area contributed by atoms with Crippen molar-refractivity contribution in [3.05, 3.63) is 39.7 Å². The van der Waals surface area contributed by atoms with Crippen molar-refractivity contribution in [3.8, 4) is 0 Å². The van der Waals surface area contributed by atoms with E-state index in [1.165, 1.54) is 0 Å². The highest BCUT2D eigenvalue weighted by atomic mass is 35.5. The predicted molar refractivity (Wildman–Crippen MR) is 78.0 cm³/mol. The van der Waals surface area contributed by atoms with E-state index in [4.69, 9.17) is 5.73 Å². The molecule has 6 nitrogen and oxygen atoms in total. The molecule has 1 aliphatic rings. The van der Waals surface area contributed by atoms with Gasteiger partial charge in [-0.3, -0.25) is 14.9 Å². The molecule has 1 aromatic carbocycles. The van der Waals surface area contributed by atoms with Gasteiger partial charge in [-0.1, -0.05) is 0 Å². The van der Waals surface area contributed by atoms with Gasteiger partial charge in [0.15, 0.2) is 0 Å². The summed E-state index contributed by atoms with van der Waals surface area (Å²) in [6, 6.07) is 2.95. The van der Waals surface area contributed by atoms with E-state index in [1.54, 1.807) is 4.90 Å². The number of nitrogens with two attached hydrogens (primary N) is 1. The Bertz CT molecular complexity index is 533. The van der Waals surface area contributed by atoms with Crippen molar-refractivity contribution in [1.29, 1.82) is 0 Å². The zero-order valence-corrected chi connectivity index (χ0v) is 12.1. The monoisotopic (exact) mass is 317 g/mol. The quantitative estimate of drug-likeness (QED) is 0.681. The minimum Gasteiger partial charge on any atom is -0.339 e. The number of nitro groups is 1. The number of carbonyl (C=O) groups excluding carboxylic acids is 1. The molecule has 1 aliphatic heterocycles. The number of piperidine rings is 1. The fourth-order valence-corrected chi connectivity index (χ4v) is 2.36. The van der Waals surface area contributed by atoms with E-state index in [-0.39, 0.29) is 23.9 Å². The molecular formula is C13H17ClFN3O3. The summed E-state index contributed by atoms with van der Waals surface area (Å²) in [5.41, 5.74) is 5.19. The SMILES string of the molecule is Cl.NCC1CCN(C(=O)c2cc(F)cc([N+](=O)[O-])c2)CC1. The van der Waals surface area contributed by atoms with Crippen molar-refractivity contribution in [2.45, 2.75) is 12.8 Å². The van der Waals surface area contributed by atoms with Crippen LogP contribution in [0, 0.1) is 21.8 Å². The largest absolute Gasteiger partial charge is 0.339 e. The Balaban J connectivity index is 0.00000220. The summed E-state index contributed by atoms with van der Waals surface area (Å²) in [6.07, 6.45) is 1.61. The first-order chi connectivity index (χ1) is 9.51. The van der Waals surface area contributed by atoms with Crippen LogP contribution in [0.15, 0.2) is 18.2 Å². The molecule has 1 fully saturated rings. The summed E-state index contributed by atoms with van der Waals surface area (Å²) in [5.74, 6) is -0.747. The Hall–Kier alpha value is -1.73. The normalized spacial score (nSPS) is 15.4. The molecular weight excluding hydrogens is 301 g/mol. The van der Waals surface area contributed by atoms with E-state index in [0.29, 0.717) is 25.6 Å². The summed E-state index contributed by atoms with van der Waals surface area (Å²) in [4.78, 5) is 23.8. The van der Waals surface area contributed by atoms with Crippen LogP contribution in [0.4, 0.5) is 10.1 Å². The summed E-state index contributed by atoms with van der Waals surface area (Å²) in [5, 5.41) is 10.7. The molecule has 0 atom stereocenters.